The summed E-state index contributed by atoms with van der Waals surface area (Å²) in [5.41, 5.74) is 0. The van der Waals surface area contributed by atoms with Crippen molar-refractivity contribution in [3.8, 4) is 0 Å². The van der Waals surface area contributed by atoms with Crippen molar-refractivity contribution >= 4 is 17.8 Å². The third-order valence-electron chi connectivity index (χ3n) is 5.01. The first-order chi connectivity index (χ1) is 12.3. The summed E-state index contributed by atoms with van der Waals surface area (Å²) in [5.74, 6) is -0.718. The highest BCUT2D eigenvalue weighted by molar-refractivity contribution is 5.81. The fraction of sp³-hybridized carbons (Fsp3) is 0.833. The Morgan fingerprint density at radius 2 is 2.00 bits per heavy atom. The topological polar surface area (TPSA) is 99.2 Å². The lowest BCUT2D eigenvalue weighted by Gasteiger charge is -2.35. The van der Waals surface area contributed by atoms with E-state index in [1.54, 1.807) is 16.8 Å². The monoisotopic (exact) mass is 369 g/mol. The van der Waals surface area contributed by atoms with Crippen LogP contribution in [0, 0.1) is 5.92 Å². The molecule has 2 atom stereocenters. The fourth-order valence-electron chi connectivity index (χ4n) is 3.69. The number of likely N-dealkylation sites (N-methyl/N-ethyl adjacent to an activating group) is 1. The molecule has 1 saturated heterocycles. The van der Waals surface area contributed by atoms with E-state index in [1.807, 2.05) is 6.92 Å². The highest BCUT2D eigenvalue weighted by Gasteiger charge is 2.28. The lowest BCUT2D eigenvalue weighted by molar-refractivity contribution is -0.142. The fourth-order valence-corrected chi connectivity index (χ4v) is 3.69. The number of rotatable bonds is 8. The van der Waals surface area contributed by atoms with Crippen molar-refractivity contribution in [2.75, 3.05) is 39.8 Å². The van der Waals surface area contributed by atoms with Gasteiger partial charge < -0.3 is 20.1 Å². The molecule has 1 aliphatic heterocycles. The first kappa shape index (κ1) is 20.6. The van der Waals surface area contributed by atoms with Crippen LogP contribution in [0.2, 0.25) is 0 Å². The molecular formula is C18H31N3O5. The van der Waals surface area contributed by atoms with E-state index < -0.39 is 5.97 Å². The Labute approximate surface area is 154 Å². The van der Waals surface area contributed by atoms with Gasteiger partial charge in [-0.2, -0.15) is 0 Å². The van der Waals surface area contributed by atoms with Crippen LogP contribution in [0.4, 0.5) is 0 Å². The molecule has 0 aromatic carbocycles. The van der Waals surface area contributed by atoms with E-state index in [1.165, 1.54) is 0 Å². The number of ether oxygens (including phenoxy) is 1. The van der Waals surface area contributed by atoms with Crippen LogP contribution in [0.1, 0.15) is 39.0 Å². The van der Waals surface area contributed by atoms with Crippen molar-refractivity contribution in [2.24, 2.45) is 5.92 Å². The molecule has 2 unspecified atom stereocenters. The van der Waals surface area contributed by atoms with Gasteiger partial charge in [-0.1, -0.05) is 12.8 Å². The molecule has 8 nitrogen and oxygen atoms in total. The number of carboxylic acid groups (broad SMARTS) is 1. The van der Waals surface area contributed by atoms with Crippen molar-refractivity contribution in [2.45, 2.75) is 51.2 Å². The summed E-state index contributed by atoms with van der Waals surface area (Å²) in [6.45, 7) is 3.69. The molecule has 2 fully saturated rings. The second kappa shape index (κ2) is 9.87. The van der Waals surface area contributed by atoms with E-state index >= 15 is 0 Å². The van der Waals surface area contributed by atoms with Crippen LogP contribution in [-0.4, -0.2) is 84.7 Å². The number of morpholine rings is 1. The van der Waals surface area contributed by atoms with Crippen LogP contribution in [0.5, 0.6) is 0 Å². The van der Waals surface area contributed by atoms with Crippen LogP contribution >= 0.6 is 0 Å². The molecule has 8 heteroatoms. The number of aliphatic carboxylic acids is 1. The minimum atomic E-state index is -0.886. The van der Waals surface area contributed by atoms with Gasteiger partial charge in [-0.05, 0) is 26.8 Å². The first-order valence-corrected chi connectivity index (χ1v) is 9.45. The van der Waals surface area contributed by atoms with E-state index in [2.05, 4.69) is 5.32 Å². The average Bonchev–Trinajstić information content (AvgIpc) is 3.08. The van der Waals surface area contributed by atoms with Gasteiger partial charge in [-0.15, -0.1) is 0 Å². The molecule has 0 spiro atoms. The van der Waals surface area contributed by atoms with Crippen LogP contribution in [0.15, 0.2) is 0 Å². The van der Waals surface area contributed by atoms with Gasteiger partial charge in [0.15, 0.2) is 0 Å². The van der Waals surface area contributed by atoms with Crippen LogP contribution in [0.25, 0.3) is 0 Å². The van der Waals surface area contributed by atoms with Gasteiger partial charge in [0.1, 0.15) is 0 Å². The van der Waals surface area contributed by atoms with Gasteiger partial charge in [-0.25, -0.2) is 0 Å². The van der Waals surface area contributed by atoms with Gasteiger partial charge in [0, 0.05) is 38.0 Å². The molecule has 1 heterocycles. The smallest absolute Gasteiger partial charge is 0.317 e. The second-order valence-corrected chi connectivity index (χ2v) is 7.52. The van der Waals surface area contributed by atoms with Crippen molar-refractivity contribution in [1.82, 2.24) is 15.1 Å². The summed E-state index contributed by atoms with van der Waals surface area (Å²) in [5, 5.41) is 11.8. The summed E-state index contributed by atoms with van der Waals surface area (Å²) in [6, 6.07) is -0.188. The summed E-state index contributed by atoms with van der Waals surface area (Å²) < 4.78 is 5.65. The van der Waals surface area contributed by atoms with Crippen molar-refractivity contribution in [1.29, 1.82) is 0 Å². The lowest BCUT2D eigenvalue weighted by Crippen LogP contribution is -2.50. The maximum absolute atomic E-state index is 12.5. The number of carboxylic acids is 1. The molecular weight excluding hydrogens is 338 g/mol. The number of hydrogen-bond donors (Lipinski definition) is 2. The maximum Gasteiger partial charge on any atom is 0.317 e. The molecule has 26 heavy (non-hydrogen) atoms. The molecule has 148 valence electrons. The Bertz CT molecular complexity index is 507. The standard InChI is InChI=1S/C18H31N3O5/c1-13(19-18(25)14-5-3-4-6-14)9-16(22)21-7-8-26-15(11-21)10-20(2)12-17(23)24/h13-15H,3-12H2,1-2H3,(H,19,25)(H,23,24). The van der Waals surface area contributed by atoms with E-state index in [-0.39, 0.29) is 42.8 Å². The van der Waals surface area contributed by atoms with Crippen LogP contribution < -0.4 is 5.32 Å². The number of amides is 2. The van der Waals surface area contributed by atoms with E-state index in [4.69, 9.17) is 9.84 Å². The summed E-state index contributed by atoms with van der Waals surface area (Å²) >= 11 is 0. The van der Waals surface area contributed by atoms with Gasteiger partial charge in [0.2, 0.25) is 11.8 Å². The molecule has 2 N–H and O–H groups in total. The van der Waals surface area contributed by atoms with E-state index in [0.29, 0.717) is 26.2 Å². The van der Waals surface area contributed by atoms with Gasteiger partial charge in [-0.3, -0.25) is 19.3 Å². The molecule has 0 bridgehead atoms. The minimum absolute atomic E-state index is 0.00147. The highest BCUT2D eigenvalue weighted by Crippen LogP contribution is 2.24. The molecule has 1 saturated carbocycles. The molecule has 2 amide bonds. The van der Waals surface area contributed by atoms with Crippen LogP contribution in [0.3, 0.4) is 0 Å². The number of carbonyl (C=O) groups excluding carboxylic acids is 2. The molecule has 0 aromatic heterocycles. The summed E-state index contributed by atoms with van der Waals surface area (Å²) in [4.78, 5) is 38.9. The van der Waals surface area contributed by atoms with Gasteiger partial charge in [0.25, 0.3) is 0 Å². The normalized spacial score (nSPS) is 22.4. The molecule has 0 aromatic rings. The number of carbonyl (C=O) groups is 3. The van der Waals surface area contributed by atoms with Gasteiger partial charge >= 0.3 is 5.97 Å². The van der Waals surface area contributed by atoms with Crippen LogP contribution in [-0.2, 0) is 19.1 Å². The largest absolute Gasteiger partial charge is 0.480 e. The van der Waals surface area contributed by atoms with Crippen molar-refractivity contribution in [3.05, 3.63) is 0 Å². The molecule has 0 radical (unpaired) electrons. The maximum atomic E-state index is 12.5. The Kier molecular flexibility index (Phi) is 7.84. The Morgan fingerprint density at radius 3 is 2.65 bits per heavy atom. The summed E-state index contributed by atoms with van der Waals surface area (Å²) in [6.07, 6.45) is 4.19. The molecule has 1 aliphatic carbocycles. The number of nitrogens with one attached hydrogen (secondary N) is 1. The van der Waals surface area contributed by atoms with Gasteiger partial charge in [0.05, 0.1) is 19.3 Å². The second-order valence-electron chi connectivity index (χ2n) is 7.52. The SMILES string of the molecule is CC(CC(=O)N1CCOC(CN(C)CC(=O)O)C1)NC(=O)C1CCCC1. The lowest BCUT2D eigenvalue weighted by atomic mass is 10.1. The van der Waals surface area contributed by atoms with Crippen molar-refractivity contribution < 1.29 is 24.2 Å². The third kappa shape index (κ3) is 6.57. The summed E-state index contributed by atoms with van der Waals surface area (Å²) in [7, 11) is 1.72. The predicted molar refractivity (Wildman–Crippen MR) is 95.6 cm³/mol. The minimum Gasteiger partial charge on any atom is -0.480 e. The first-order valence-electron chi connectivity index (χ1n) is 9.45. The van der Waals surface area contributed by atoms with Crippen molar-refractivity contribution in [3.63, 3.8) is 0 Å². The Hall–Kier alpha value is -1.67. The zero-order chi connectivity index (χ0) is 19.1. The zero-order valence-corrected chi connectivity index (χ0v) is 15.8. The molecule has 2 rings (SSSR count). The quantitative estimate of drug-likeness (QED) is 0.639. The molecule has 2 aliphatic rings. The number of nitrogens with zero attached hydrogens (tertiary/aromatic N) is 2. The van der Waals surface area contributed by atoms with E-state index in [0.717, 1.165) is 25.7 Å². The predicted octanol–water partition coefficient (Wildman–Crippen LogP) is 0.315. The average molecular weight is 369 g/mol. The zero-order valence-electron chi connectivity index (χ0n) is 15.8. The highest BCUT2D eigenvalue weighted by atomic mass is 16.5. The third-order valence-corrected chi connectivity index (χ3v) is 5.01. The Balaban J connectivity index is 1.75. The number of hydrogen-bond acceptors (Lipinski definition) is 5. The van der Waals surface area contributed by atoms with E-state index in [9.17, 15) is 14.4 Å². The Morgan fingerprint density at radius 1 is 1.31 bits per heavy atom.